The molecule has 6 heavy (non-hydrogen) atoms. The molecule has 0 atom stereocenters. The zero-order valence-corrected chi connectivity index (χ0v) is 5.79. The van der Waals surface area contributed by atoms with E-state index in [-0.39, 0.29) is 0 Å². The number of rotatable bonds is 1. The Bertz CT molecular complexity index is 32.5. The first-order valence-electron chi connectivity index (χ1n) is 1.45. The van der Waals surface area contributed by atoms with Crippen LogP contribution < -0.4 is 0 Å². The number of hydrogen-bond donors (Lipinski definition) is 1. The topological polar surface area (TPSA) is 20.2 Å². The van der Waals surface area contributed by atoms with Crippen molar-refractivity contribution in [3.8, 4) is 0 Å². The van der Waals surface area contributed by atoms with E-state index in [1.165, 1.54) is 0 Å². The third-order valence-corrected chi connectivity index (χ3v) is 2.84. The Morgan fingerprint density at radius 3 is 1.83 bits per heavy atom. The summed E-state index contributed by atoms with van der Waals surface area (Å²) >= 11 is 10.3. The molecule has 0 rings (SSSR count). The third kappa shape index (κ3) is 2.97. The Hall–Kier alpha value is 0.757. The van der Waals surface area contributed by atoms with Gasteiger partial charge in [0.15, 0.2) is 0 Å². The third-order valence-electron chi connectivity index (χ3n) is 0.316. The molecule has 0 aromatic heterocycles. The van der Waals surface area contributed by atoms with Crippen molar-refractivity contribution in [1.82, 2.24) is 0 Å². The van der Waals surface area contributed by atoms with Crippen LogP contribution in [0.1, 0.15) is 0 Å². The molecule has 0 bridgehead atoms. The molecule has 1 nitrogen and oxygen atoms in total. The van der Waals surface area contributed by atoms with Crippen LogP contribution in [0.3, 0.4) is 0 Å². The van der Waals surface area contributed by atoms with E-state index >= 15 is 0 Å². The van der Waals surface area contributed by atoms with Gasteiger partial charge >= 0.3 is 0 Å². The first kappa shape index (κ1) is 6.76. The molecule has 4 heteroatoms. The van der Waals surface area contributed by atoms with Gasteiger partial charge in [-0.1, -0.05) is 0 Å². The highest BCUT2D eigenvalue weighted by atomic mass is 35.5. The molecule has 0 amide bonds. The monoisotopic (exact) mass is 143 g/mol. The van der Waals surface area contributed by atoms with Crippen molar-refractivity contribution in [2.45, 2.75) is 11.0 Å². The van der Waals surface area contributed by atoms with E-state index in [9.17, 15) is 0 Å². The summed E-state index contributed by atoms with van der Waals surface area (Å²) in [4.78, 5) is 8.47. The zero-order chi connectivity index (χ0) is 5.15. The Morgan fingerprint density at radius 1 is 1.67 bits per heavy atom. The van der Waals surface area contributed by atoms with Gasteiger partial charge in [0.1, 0.15) is 4.46 Å². The normalized spacial score (nSPS) is 11.0. The molecule has 0 aromatic carbocycles. The fourth-order valence-corrected chi connectivity index (χ4v) is 0. The van der Waals surface area contributed by atoms with Gasteiger partial charge in [0.25, 0.3) is 0 Å². The molecule has 1 N–H and O–H groups in total. The highest BCUT2D eigenvalue weighted by Gasteiger charge is 2.08. The quantitative estimate of drug-likeness (QED) is 0.429. The summed E-state index contributed by atoms with van der Waals surface area (Å²) in [5, 5.41) is 0. The average Bonchev–Trinajstić information content (AvgIpc) is 1.36. The van der Waals surface area contributed by atoms with Crippen LogP contribution in [0.2, 0.25) is 6.55 Å². The molecule has 0 fully saturated rings. The Morgan fingerprint density at radius 2 is 1.83 bits per heavy atom. The predicted octanol–water partition coefficient (Wildman–Crippen LogP) is 0.943. The van der Waals surface area contributed by atoms with Gasteiger partial charge < -0.3 is 4.80 Å². The fraction of sp³-hybridized carbons (Fsp3) is 1.00. The lowest BCUT2D eigenvalue weighted by Crippen LogP contribution is -2.15. The fourth-order valence-electron chi connectivity index (χ4n) is 0. The molecule has 0 saturated carbocycles. The van der Waals surface area contributed by atoms with E-state index in [2.05, 4.69) is 0 Å². The molecule has 0 aliphatic heterocycles. The van der Waals surface area contributed by atoms with Crippen LogP contribution in [0.25, 0.3) is 0 Å². The van der Waals surface area contributed by atoms with Crippen LogP contribution in [0.4, 0.5) is 0 Å². The van der Waals surface area contributed by atoms with Gasteiger partial charge in [-0.05, 0) is 6.55 Å². The van der Waals surface area contributed by atoms with Gasteiger partial charge in [-0.2, -0.15) is 0 Å². The van der Waals surface area contributed by atoms with E-state index in [4.69, 9.17) is 28.0 Å². The minimum absolute atomic E-state index is 0.546. The van der Waals surface area contributed by atoms with Crippen molar-refractivity contribution in [2.24, 2.45) is 0 Å². The lowest BCUT2D eigenvalue weighted by Gasteiger charge is -1.95. The SMILES string of the molecule is C[Si](O)C(Cl)Cl. The van der Waals surface area contributed by atoms with Crippen molar-refractivity contribution in [3.63, 3.8) is 0 Å². The van der Waals surface area contributed by atoms with Gasteiger partial charge in [-0.15, -0.1) is 23.2 Å². The summed E-state index contributed by atoms with van der Waals surface area (Å²) in [7, 11) is -1.42. The Kier molecular flexibility index (Phi) is 3.21. The first-order chi connectivity index (χ1) is 2.64. The number of hydrogen-bond acceptors (Lipinski definition) is 1. The maximum Gasteiger partial charge on any atom is 0.238 e. The van der Waals surface area contributed by atoms with Crippen LogP contribution in [-0.2, 0) is 0 Å². The van der Waals surface area contributed by atoms with Crippen molar-refractivity contribution in [2.75, 3.05) is 0 Å². The van der Waals surface area contributed by atoms with Crippen molar-refractivity contribution in [3.05, 3.63) is 0 Å². The van der Waals surface area contributed by atoms with Gasteiger partial charge in [0, 0.05) is 0 Å². The van der Waals surface area contributed by atoms with E-state index in [0.29, 0.717) is 0 Å². The summed E-state index contributed by atoms with van der Waals surface area (Å²) in [6.45, 7) is 1.63. The number of alkyl halides is 2. The van der Waals surface area contributed by atoms with E-state index in [0.717, 1.165) is 0 Å². The predicted molar refractivity (Wildman–Crippen MR) is 29.3 cm³/mol. The van der Waals surface area contributed by atoms with Gasteiger partial charge in [-0.25, -0.2) is 0 Å². The summed E-state index contributed by atoms with van der Waals surface area (Å²) in [6, 6.07) is 0. The Labute approximate surface area is 48.6 Å². The second-order valence-corrected chi connectivity index (χ2v) is 4.63. The molecule has 0 saturated heterocycles. The van der Waals surface area contributed by atoms with Gasteiger partial charge in [0.2, 0.25) is 9.04 Å². The van der Waals surface area contributed by atoms with Gasteiger partial charge in [-0.3, -0.25) is 0 Å². The summed E-state index contributed by atoms with van der Waals surface area (Å²) in [6.07, 6.45) is 0. The van der Waals surface area contributed by atoms with Crippen LogP contribution >= 0.6 is 23.2 Å². The molecule has 0 heterocycles. The molecular formula is C2H5Cl2OSi. The van der Waals surface area contributed by atoms with E-state index in [1.807, 2.05) is 0 Å². The largest absolute Gasteiger partial charge is 0.429 e. The van der Waals surface area contributed by atoms with Crippen molar-refractivity contribution >= 4 is 32.2 Å². The van der Waals surface area contributed by atoms with Gasteiger partial charge in [0.05, 0.1) is 0 Å². The molecule has 0 aliphatic carbocycles. The summed E-state index contributed by atoms with van der Waals surface area (Å²) in [5.74, 6) is 0. The standard InChI is InChI=1S/C2H5Cl2OSi/c1-6(5)2(3)4/h2,5H,1H3. The highest BCUT2D eigenvalue weighted by molar-refractivity contribution is 6.74. The van der Waals surface area contributed by atoms with Crippen molar-refractivity contribution < 1.29 is 4.80 Å². The minimum Gasteiger partial charge on any atom is -0.429 e. The first-order valence-corrected chi connectivity index (χ1v) is 4.35. The molecule has 1 radical (unpaired) electrons. The van der Waals surface area contributed by atoms with E-state index in [1.54, 1.807) is 6.55 Å². The lowest BCUT2D eigenvalue weighted by molar-refractivity contribution is 0.582. The second kappa shape index (κ2) is 2.85. The minimum atomic E-state index is -1.42. The smallest absolute Gasteiger partial charge is 0.238 e. The van der Waals surface area contributed by atoms with Crippen LogP contribution in [0.15, 0.2) is 0 Å². The van der Waals surface area contributed by atoms with Crippen molar-refractivity contribution in [1.29, 1.82) is 0 Å². The second-order valence-electron chi connectivity index (χ2n) is 0.942. The zero-order valence-electron chi connectivity index (χ0n) is 3.28. The highest BCUT2D eigenvalue weighted by Crippen LogP contribution is 2.02. The summed E-state index contributed by atoms with van der Waals surface area (Å²) in [5.41, 5.74) is 0. The molecule has 0 aliphatic rings. The maximum absolute atomic E-state index is 8.47. The van der Waals surface area contributed by atoms with E-state index < -0.39 is 13.5 Å². The molecule has 0 aromatic rings. The Balaban J connectivity index is 2.99. The van der Waals surface area contributed by atoms with Crippen LogP contribution in [-0.4, -0.2) is 18.3 Å². The molecule has 0 spiro atoms. The summed E-state index contributed by atoms with van der Waals surface area (Å²) < 4.78 is -0.546. The average molecular weight is 144 g/mol. The number of halogens is 2. The molecular weight excluding hydrogens is 139 g/mol. The molecule has 0 unspecified atom stereocenters. The van der Waals surface area contributed by atoms with Crippen LogP contribution in [0, 0.1) is 0 Å². The lowest BCUT2D eigenvalue weighted by atomic mass is 11.8. The molecule has 37 valence electrons. The van der Waals surface area contributed by atoms with Crippen LogP contribution in [0.5, 0.6) is 0 Å². The maximum atomic E-state index is 8.47.